The van der Waals surface area contributed by atoms with Crippen molar-refractivity contribution < 1.29 is 4.79 Å². The first-order valence-electron chi connectivity index (χ1n) is 8.14. The number of carbonyl (C=O) groups is 1. The fraction of sp³-hybridized carbons (Fsp3) is 0.0476. The standard InChI is InChI=1S/C21H15Cl2N3O/c22-17-10-18(23)12-19(11-17)25-26-20(13-24)21(27)16-8-6-15(7-9-16)14-4-2-1-3-5-14/h1-12,20,25-26H. The molecule has 2 N–H and O–H groups in total. The second kappa shape index (κ2) is 8.70. The summed E-state index contributed by atoms with van der Waals surface area (Å²) in [7, 11) is 0. The van der Waals surface area contributed by atoms with Crippen molar-refractivity contribution in [2.45, 2.75) is 6.04 Å². The van der Waals surface area contributed by atoms with Crippen molar-refractivity contribution >= 4 is 34.7 Å². The van der Waals surface area contributed by atoms with Crippen LogP contribution in [0.1, 0.15) is 10.4 Å². The van der Waals surface area contributed by atoms with Gasteiger partial charge in [0.1, 0.15) is 0 Å². The zero-order chi connectivity index (χ0) is 19.2. The van der Waals surface area contributed by atoms with Crippen molar-refractivity contribution in [3.8, 4) is 17.2 Å². The van der Waals surface area contributed by atoms with Crippen LogP contribution in [0.5, 0.6) is 0 Å². The first-order chi connectivity index (χ1) is 13.1. The molecule has 3 aromatic carbocycles. The van der Waals surface area contributed by atoms with Crippen LogP contribution in [0, 0.1) is 11.3 Å². The predicted octanol–water partition coefficient (Wildman–Crippen LogP) is 5.35. The average Bonchev–Trinajstić information content (AvgIpc) is 2.68. The molecular formula is C21H15Cl2N3O. The van der Waals surface area contributed by atoms with Crippen LogP contribution >= 0.6 is 23.2 Å². The second-order valence-electron chi connectivity index (χ2n) is 5.80. The molecule has 0 amide bonds. The molecule has 3 aromatic rings. The van der Waals surface area contributed by atoms with E-state index < -0.39 is 6.04 Å². The van der Waals surface area contributed by atoms with E-state index in [0.29, 0.717) is 21.3 Å². The fourth-order valence-corrected chi connectivity index (χ4v) is 3.09. The Balaban J connectivity index is 1.70. The lowest BCUT2D eigenvalue weighted by atomic mass is 10.0. The van der Waals surface area contributed by atoms with E-state index in [-0.39, 0.29) is 5.78 Å². The summed E-state index contributed by atoms with van der Waals surface area (Å²) in [5.41, 5.74) is 8.57. The van der Waals surface area contributed by atoms with Crippen LogP contribution in [0.3, 0.4) is 0 Å². The van der Waals surface area contributed by atoms with E-state index in [1.807, 2.05) is 48.5 Å². The molecule has 134 valence electrons. The number of nitriles is 1. The third-order valence-corrected chi connectivity index (χ3v) is 4.33. The van der Waals surface area contributed by atoms with Gasteiger partial charge in [0.05, 0.1) is 11.8 Å². The van der Waals surface area contributed by atoms with Crippen LogP contribution in [-0.4, -0.2) is 11.8 Å². The highest BCUT2D eigenvalue weighted by molar-refractivity contribution is 6.35. The van der Waals surface area contributed by atoms with Crippen molar-refractivity contribution in [3.63, 3.8) is 0 Å². The fourth-order valence-electron chi connectivity index (χ4n) is 2.56. The summed E-state index contributed by atoms with van der Waals surface area (Å²) in [6.45, 7) is 0. The van der Waals surface area contributed by atoms with Crippen molar-refractivity contribution in [1.29, 1.82) is 5.26 Å². The molecule has 6 heteroatoms. The molecular weight excluding hydrogens is 381 g/mol. The highest BCUT2D eigenvalue weighted by Gasteiger charge is 2.19. The van der Waals surface area contributed by atoms with E-state index in [1.54, 1.807) is 30.3 Å². The van der Waals surface area contributed by atoms with Crippen LogP contribution in [0.25, 0.3) is 11.1 Å². The Hall–Kier alpha value is -2.84. The van der Waals surface area contributed by atoms with E-state index >= 15 is 0 Å². The Morgan fingerprint density at radius 1 is 0.889 bits per heavy atom. The maximum absolute atomic E-state index is 12.6. The highest BCUT2D eigenvalue weighted by atomic mass is 35.5. The van der Waals surface area contributed by atoms with Crippen LogP contribution in [0.2, 0.25) is 10.0 Å². The van der Waals surface area contributed by atoms with Crippen molar-refractivity contribution in [2.75, 3.05) is 5.43 Å². The molecule has 0 radical (unpaired) electrons. The molecule has 0 aliphatic heterocycles. The van der Waals surface area contributed by atoms with Crippen molar-refractivity contribution in [1.82, 2.24) is 5.43 Å². The van der Waals surface area contributed by atoms with Gasteiger partial charge in [-0.05, 0) is 29.3 Å². The highest BCUT2D eigenvalue weighted by Crippen LogP contribution is 2.22. The van der Waals surface area contributed by atoms with E-state index in [2.05, 4.69) is 10.9 Å². The largest absolute Gasteiger partial charge is 0.320 e. The van der Waals surface area contributed by atoms with E-state index in [0.717, 1.165) is 11.1 Å². The molecule has 4 nitrogen and oxygen atoms in total. The minimum atomic E-state index is -1.06. The van der Waals surface area contributed by atoms with E-state index in [4.69, 9.17) is 23.2 Å². The number of ketones is 1. The monoisotopic (exact) mass is 395 g/mol. The van der Waals surface area contributed by atoms with Gasteiger partial charge >= 0.3 is 0 Å². The predicted molar refractivity (Wildman–Crippen MR) is 109 cm³/mol. The number of hydrogen-bond donors (Lipinski definition) is 2. The molecule has 0 spiro atoms. The van der Waals surface area contributed by atoms with Gasteiger partial charge in [-0.3, -0.25) is 4.79 Å². The molecule has 0 aromatic heterocycles. The lowest BCUT2D eigenvalue weighted by Gasteiger charge is -2.14. The number of halogens is 2. The molecule has 0 saturated carbocycles. The number of rotatable bonds is 6. The van der Waals surface area contributed by atoms with Gasteiger partial charge in [-0.15, -0.1) is 0 Å². The topological polar surface area (TPSA) is 64.9 Å². The number of hydrazine groups is 1. The molecule has 0 aliphatic carbocycles. The normalized spacial score (nSPS) is 11.4. The maximum Gasteiger partial charge on any atom is 0.195 e. The third-order valence-electron chi connectivity index (χ3n) is 3.89. The van der Waals surface area contributed by atoms with Crippen LogP contribution in [0.4, 0.5) is 5.69 Å². The van der Waals surface area contributed by atoms with Crippen LogP contribution in [0.15, 0.2) is 72.8 Å². The second-order valence-corrected chi connectivity index (χ2v) is 6.67. The SMILES string of the molecule is N#CC(NNc1cc(Cl)cc(Cl)c1)C(=O)c1ccc(-c2ccccc2)cc1. The van der Waals surface area contributed by atoms with E-state index in [9.17, 15) is 10.1 Å². The van der Waals surface area contributed by atoms with Crippen molar-refractivity contribution in [2.24, 2.45) is 0 Å². The Morgan fingerprint density at radius 2 is 1.48 bits per heavy atom. The first-order valence-corrected chi connectivity index (χ1v) is 8.89. The van der Waals surface area contributed by atoms with Crippen molar-refractivity contribution in [3.05, 3.63) is 88.4 Å². The number of nitrogens with zero attached hydrogens (tertiary/aromatic N) is 1. The summed E-state index contributed by atoms with van der Waals surface area (Å²) in [5, 5.41) is 10.2. The van der Waals surface area contributed by atoms with Gasteiger partial charge in [0.25, 0.3) is 0 Å². The molecule has 0 fully saturated rings. The number of carbonyl (C=O) groups excluding carboxylic acids is 1. The Labute approximate surface area is 167 Å². The molecule has 0 heterocycles. The van der Waals surface area contributed by atoms with Gasteiger partial charge in [0.2, 0.25) is 0 Å². The van der Waals surface area contributed by atoms with Gasteiger partial charge in [-0.1, -0.05) is 77.8 Å². The number of hydrogen-bond acceptors (Lipinski definition) is 4. The third kappa shape index (κ3) is 4.87. The lowest BCUT2D eigenvalue weighted by molar-refractivity contribution is 0.0969. The number of benzene rings is 3. The zero-order valence-corrected chi connectivity index (χ0v) is 15.6. The lowest BCUT2D eigenvalue weighted by Crippen LogP contribution is -2.39. The summed E-state index contributed by atoms with van der Waals surface area (Å²) in [6, 6.07) is 22.8. The average molecular weight is 396 g/mol. The molecule has 0 saturated heterocycles. The minimum absolute atomic E-state index is 0.335. The number of nitrogens with one attached hydrogen (secondary N) is 2. The molecule has 0 bridgehead atoms. The first kappa shape index (κ1) is 18.9. The quantitative estimate of drug-likeness (QED) is 0.435. The van der Waals surface area contributed by atoms with Gasteiger partial charge in [0.15, 0.2) is 11.8 Å². The van der Waals surface area contributed by atoms with Crippen LogP contribution in [-0.2, 0) is 0 Å². The van der Waals surface area contributed by atoms with Gasteiger partial charge in [0, 0.05) is 15.6 Å². The molecule has 1 atom stereocenters. The summed E-state index contributed by atoms with van der Waals surface area (Å²) >= 11 is 11.9. The van der Waals surface area contributed by atoms with E-state index in [1.165, 1.54) is 0 Å². The molecule has 0 aliphatic rings. The molecule has 27 heavy (non-hydrogen) atoms. The summed E-state index contributed by atoms with van der Waals surface area (Å²) in [6.07, 6.45) is 0. The maximum atomic E-state index is 12.6. The Bertz CT molecular complexity index is 962. The number of Topliss-reactive ketones (excluding diaryl/α,β-unsaturated/α-hetero) is 1. The number of anilines is 1. The van der Waals surface area contributed by atoms with Gasteiger partial charge in [-0.2, -0.15) is 5.26 Å². The van der Waals surface area contributed by atoms with Gasteiger partial charge < -0.3 is 5.43 Å². The zero-order valence-electron chi connectivity index (χ0n) is 14.1. The summed E-state index contributed by atoms with van der Waals surface area (Å²) in [4.78, 5) is 12.6. The molecule has 3 rings (SSSR count). The molecule has 1 unspecified atom stereocenters. The van der Waals surface area contributed by atoms with Crippen LogP contribution < -0.4 is 10.9 Å². The van der Waals surface area contributed by atoms with Gasteiger partial charge in [-0.25, -0.2) is 5.43 Å². The smallest absolute Gasteiger partial charge is 0.195 e. The summed E-state index contributed by atoms with van der Waals surface area (Å²) < 4.78 is 0. The summed E-state index contributed by atoms with van der Waals surface area (Å²) in [5.74, 6) is -0.335. The Morgan fingerprint density at radius 3 is 2.07 bits per heavy atom. The minimum Gasteiger partial charge on any atom is -0.320 e. The Kier molecular flexibility index (Phi) is 6.10.